The number of pyridine rings is 1. The van der Waals surface area contributed by atoms with E-state index in [0.29, 0.717) is 5.88 Å². The molecule has 66 valence electrons. The Labute approximate surface area is 69.3 Å². The highest BCUT2D eigenvalue weighted by Gasteiger charge is 1.89. The number of aromatic hydroxyl groups is 1. The third kappa shape index (κ3) is 4.10. The first-order valence-electron chi connectivity index (χ1n) is 3.01. The molecule has 1 aromatic rings. The van der Waals surface area contributed by atoms with Crippen LogP contribution in [-0.2, 0) is 4.79 Å². The molecule has 0 aliphatic carbocycles. The summed E-state index contributed by atoms with van der Waals surface area (Å²) in [4.78, 5) is 12.1. The average Bonchev–Trinajstić information content (AvgIpc) is 2.07. The summed E-state index contributed by atoms with van der Waals surface area (Å²) in [6.45, 7) is -0.250. The highest BCUT2D eigenvalue weighted by molar-refractivity contribution is 5.32. The van der Waals surface area contributed by atoms with Gasteiger partial charge in [-0.25, -0.2) is 4.98 Å². The fourth-order valence-electron chi connectivity index (χ4n) is 0.493. The fraction of sp³-hybridized carbons (Fsp3) is 0.143. The van der Waals surface area contributed by atoms with E-state index in [-0.39, 0.29) is 12.2 Å². The zero-order chi connectivity index (χ0) is 9.40. The second kappa shape index (κ2) is 5.96. The number of nitrogens with zero attached hydrogens (tertiary/aromatic N) is 1. The molecular weight excluding hydrogens is 162 g/mol. The highest BCUT2D eigenvalue weighted by Crippen LogP contribution is 2.10. The lowest BCUT2D eigenvalue weighted by molar-refractivity contribution is -0.122. The monoisotopic (exact) mass is 171 g/mol. The quantitative estimate of drug-likeness (QED) is 0.601. The van der Waals surface area contributed by atoms with Gasteiger partial charge in [0.25, 0.3) is 6.47 Å². The topological polar surface area (TPSA) is 79.7 Å². The van der Waals surface area contributed by atoms with Crippen molar-refractivity contribution in [1.29, 1.82) is 0 Å². The number of methoxy groups -OCH3 is 1. The number of carboxylic acid groups (broad SMARTS) is 1. The maximum absolute atomic E-state index is 8.73. The lowest BCUT2D eigenvalue weighted by atomic mass is 10.4. The molecular formula is C7H9NO4. The van der Waals surface area contributed by atoms with Gasteiger partial charge in [0.05, 0.1) is 13.3 Å². The van der Waals surface area contributed by atoms with Crippen molar-refractivity contribution in [1.82, 2.24) is 4.98 Å². The molecule has 2 N–H and O–H groups in total. The van der Waals surface area contributed by atoms with Gasteiger partial charge in [-0.15, -0.1) is 0 Å². The Morgan fingerprint density at radius 2 is 2.17 bits per heavy atom. The predicted octanol–water partition coefficient (Wildman–Crippen LogP) is 0.497. The van der Waals surface area contributed by atoms with Crippen molar-refractivity contribution < 1.29 is 19.7 Å². The lowest BCUT2D eigenvalue weighted by Crippen LogP contribution is -1.84. The molecule has 1 heterocycles. The van der Waals surface area contributed by atoms with Crippen molar-refractivity contribution in [3.05, 3.63) is 18.3 Å². The molecule has 0 radical (unpaired) electrons. The SMILES string of the molecule is COc1ccc(O)cn1.O=CO. The van der Waals surface area contributed by atoms with Gasteiger partial charge in [0, 0.05) is 6.07 Å². The molecule has 0 aliphatic heterocycles. The maximum Gasteiger partial charge on any atom is 0.290 e. The number of aromatic nitrogens is 1. The number of hydrogen-bond donors (Lipinski definition) is 2. The first-order chi connectivity index (χ1) is 5.74. The molecule has 0 spiro atoms. The van der Waals surface area contributed by atoms with Gasteiger partial charge < -0.3 is 14.9 Å². The van der Waals surface area contributed by atoms with Crippen molar-refractivity contribution >= 4 is 6.47 Å². The molecule has 5 heteroatoms. The van der Waals surface area contributed by atoms with Crippen LogP contribution in [0.15, 0.2) is 18.3 Å². The predicted molar refractivity (Wildman–Crippen MR) is 41.1 cm³/mol. The van der Waals surface area contributed by atoms with E-state index in [4.69, 9.17) is 19.7 Å². The van der Waals surface area contributed by atoms with E-state index in [9.17, 15) is 0 Å². The van der Waals surface area contributed by atoms with Crippen LogP contribution in [0, 0.1) is 0 Å². The van der Waals surface area contributed by atoms with Gasteiger partial charge in [-0.2, -0.15) is 0 Å². The van der Waals surface area contributed by atoms with Gasteiger partial charge in [-0.1, -0.05) is 0 Å². The van der Waals surface area contributed by atoms with Gasteiger partial charge >= 0.3 is 0 Å². The molecule has 12 heavy (non-hydrogen) atoms. The average molecular weight is 171 g/mol. The van der Waals surface area contributed by atoms with Crippen molar-refractivity contribution in [3.63, 3.8) is 0 Å². The minimum absolute atomic E-state index is 0.149. The van der Waals surface area contributed by atoms with E-state index < -0.39 is 0 Å². The summed E-state index contributed by atoms with van der Waals surface area (Å²) >= 11 is 0. The van der Waals surface area contributed by atoms with E-state index in [2.05, 4.69) is 4.98 Å². The van der Waals surface area contributed by atoms with Crippen LogP contribution in [0.25, 0.3) is 0 Å². The minimum Gasteiger partial charge on any atom is -0.506 e. The van der Waals surface area contributed by atoms with Crippen LogP contribution < -0.4 is 4.74 Å². The standard InChI is InChI=1S/C6H7NO2.CH2O2/c1-9-6-3-2-5(8)4-7-6;2-1-3/h2-4,8H,1H3;1H,(H,2,3). The van der Waals surface area contributed by atoms with Crippen molar-refractivity contribution in [3.8, 4) is 11.6 Å². The Bertz CT molecular complexity index is 221. The number of rotatable bonds is 1. The largest absolute Gasteiger partial charge is 0.506 e. The van der Waals surface area contributed by atoms with Crippen LogP contribution in [0.5, 0.6) is 11.6 Å². The van der Waals surface area contributed by atoms with E-state index >= 15 is 0 Å². The zero-order valence-electron chi connectivity index (χ0n) is 6.47. The maximum atomic E-state index is 8.73. The normalized spacial score (nSPS) is 7.75. The summed E-state index contributed by atoms with van der Waals surface area (Å²) in [7, 11) is 1.53. The molecule has 5 nitrogen and oxygen atoms in total. The molecule has 0 aromatic carbocycles. The molecule has 0 bridgehead atoms. The van der Waals surface area contributed by atoms with Crippen LogP contribution in [0.1, 0.15) is 0 Å². The van der Waals surface area contributed by atoms with E-state index in [1.54, 1.807) is 6.07 Å². The summed E-state index contributed by atoms with van der Waals surface area (Å²) in [5.74, 6) is 0.656. The number of hydrogen-bond acceptors (Lipinski definition) is 4. The van der Waals surface area contributed by atoms with Gasteiger partial charge in [0.2, 0.25) is 5.88 Å². The smallest absolute Gasteiger partial charge is 0.290 e. The fourth-order valence-corrected chi connectivity index (χ4v) is 0.493. The summed E-state index contributed by atoms with van der Waals surface area (Å²) < 4.78 is 4.75. The Morgan fingerprint density at radius 3 is 2.50 bits per heavy atom. The van der Waals surface area contributed by atoms with Gasteiger partial charge in [0.1, 0.15) is 5.75 Å². The summed E-state index contributed by atoms with van der Waals surface area (Å²) in [5, 5.41) is 15.6. The molecule has 0 atom stereocenters. The van der Waals surface area contributed by atoms with Crippen LogP contribution in [0.2, 0.25) is 0 Å². The Balaban J connectivity index is 0.000000354. The van der Waals surface area contributed by atoms with Gasteiger partial charge in [0.15, 0.2) is 0 Å². The van der Waals surface area contributed by atoms with E-state index in [1.165, 1.54) is 19.4 Å². The van der Waals surface area contributed by atoms with Crippen LogP contribution >= 0.6 is 0 Å². The molecule has 1 rings (SSSR count). The van der Waals surface area contributed by atoms with Crippen molar-refractivity contribution in [2.45, 2.75) is 0 Å². The van der Waals surface area contributed by atoms with Crippen molar-refractivity contribution in [2.24, 2.45) is 0 Å². The lowest BCUT2D eigenvalue weighted by Gasteiger charge is -1.95. The second-order valence-corrected chi connectivity index (χ2v) is 1.66. The Kier molecular flexibility index (Phi) is 5.08. The molecule has 0 unspecified atom stereocenters. The van der Waals surface area contributed by atoms with Crippen molar-refractivity contribution in [2.75, 3.05) is 7.11 Å². The molecule has 0 aliphatic rings. The molecule has 0 fully saturated rings. The van der Waals surface area contributed by atoms with Crippen LogP contribution in [0.4, 0.5) is 0 Å². The molecule has 0 amide bonds. The number of carbonyl (C=O) groups is 1. The molecule has 0 saturated heterocycles. The zero-order valence-corrected chi connectivity index (χ0v) is 6.47. The Morgan fingerprint density at radius 1 is 1.58 bits per heavy atom. The summed E-state index contributed by atoms with van der Waals surface area (Å²) in [6, 6.07) is 3.11. The summed E-state index contributed by atoms with van der Waals surface area (Å²) in [6.07, 6.45) is 1.33. The second-order valence-electron chi connectivity index (χ2n) is 1.66. The van der Waals surface area contributed by atoms with E-state index in [0.717, 1.165) is 0 Å². The Hall–Kier alpha value is -1.78. The number of ether oxygens (including phenoxy) is 1. The van der Waals surface area contributed by atoms with Gasteiger partial charge in [-0.05, 0) is 6.07 Å². The van der Waals surface area contributed by atoms with Crippen LogP contribution in [-0.4, -0.2) is 28.8 Å². The van der Waals surface area contributed by atoms with Crippen LogP contribution in [0.3, 0.4) is 0 Å². The molecule has 1 aromatic heterocycles. The third-order valence-corrected chi connectivity index (χ3v) is 0.930. The highest BCUT2D eigenvalue weighted by atomic mass is 16.5. The minimum atomic E-state index is -0.250. The van der Waals surface area contributed by atoms with Gasteiger partial charge in [-0.3, -0.25) is 4.79 Å². The molecule has 0 saturated carbocycles. The van der Waals surface area contributed by atoms with E-state index in [1.807, 2.05) is 0 Å². The first-order valence-corrected chi connectivity index (χ1v) is 3.01. The first kappa shape index (κ1) is 10.2. The third-order valence-electron chi connectivity index (χ3n) is 0.930. The summed E-state index contributed by atoms with van der Waals surface area (Å²) in [5.41, 5.74) is 0.